The van der Waals surface area contributed by atoms with E-state index in [1.807, 2.05) is 48.4 Å². The highest BCUT2D eigenvalue weighted by Crippen LogP contribution is 2.26. The maximum atomic E-state index is 13.5. The highest BCUT2D eigenvalue weighted by molar-refractivity contribution is 7.11. The number of anilines is 1. The summed E-state index contributed by atoms with van der Waals surface area (Å²) in [5.41, 5.74) is 7.64. The minimum atomic E-state index is -0.478. The molecule has 1 saturated heterocycles. The van der Waals surface area contributed by atoms with E-state index in [9.17, 15) is 9.59 Å². The van der Waals surface area contributed by atoms with Crippen molar-refractivity contribution in [2.45, 2.75) is 45.3 Å². The van der Waals surface area contributed by atoms with Gasteiger partial charge >= 0.3 is 0 Å². The van der Waals surface area contributed by atoms with Crippen LogP contribution < -0.4 is 5.73 Å². The predicted octanol–water partition coefficient (Wildman–Crippen LogP) is 4.37. The maximum Gasteiger partial charge on any atom is 0.247 e. The van der Waals surface area contributed by atoms with Crippen LogP contribution in [-0.2, 0) is 16.1 Å². The highest BCUT2D eigenvalue weighted by atomic mass is 35.5. The Kier molecular flexibility index (Phi) is 6.95. The summed E-state index contributed by atoms with van der Waals surface area (Å²) < 4.78 is 0. The Balaban J connectivity index is 1.53. The van der Waals surface area contributed by atoms with Crippen LogP contribution >= 0.6 is 22.9 Å². The number of nitrogens with zero attached hydrogens (tertiary/aromatic N) is 4. The number of halogens is 1. The van der Waals surface area contributed by atoms with Crippen molar-refractivity contribution in [1.29, 1.82) is 0 Å². The number of benzene rings is 1. The third-order valence-corrected chi connectivity index (χ3v) is 7.09. The number of hydrogen-bond acceptors (Lipinski definition) is 6. The summed E-state index contributed by atoms with van der Waals surface area (Å²) in [5, 5.41) is 3.26. The van der Waals surface area contributed by atoms with Gasteiger partial charge in [0.25, 0.3) is 0 Å². The van der Waals surface area contributed by atoms with Crippen molar-refractivity contribution in [3.05, 3.63) is 57.5 Å². The van der Waals surface area contributed by atoms with E-state index in [-0.39, 0.29) is 17.9 Å². The molecule has 3 heterocycles. The van der Waals surface area contributed by atoms with E-state index < -0.39 is 6.04 Å². The Hall–Kier alpha value is -2.97. The van der Waals surface area contributed by atoms with Gasteiger partial charge in [-0.15, -0.1) is 11.3 Å². The monoisotopic (exact) mass is 483 g/mol. The minimum absolute atomic E-state index is 0.0289. The van der Waals surface area contributed by atoms with Gasteiger partial charge in [-0.3, -0.25) is 9.59 Å². The van der Waals surface area contributed by atoms with Gasteiger partial charge < -0.3 is 15.5 Å². The molecule has 1 aliphatic heterocycles. The summed E-state index contributed by atoms with van der Waals surface area (Å²) in [6.07, 6.45) is 6.15. The van der Waals surface area contributed by atoms with Crippen molar-refractivity contribution in [3.8, 4) is 0 Å². The fourth-order valence-electron chi connectivity index (χ4n) is 4.17. The van der Waals surface area contributed by atoms with Crippen LogP contribution in [0.1, 0.15) is 37.1 Å². The number of amides is 2. The topological polar surface area (TPSA) is 92.4 Å². The second-order valence-electron chi connectivity index (χ2n) is 8.22. The normalized spacial score (nSPS) is 19.1. The molecule has 7 nitrogen and oxygen atoms in total. The lowest BCUT2D eigenvalue weighted by atomic mass is 10.0. The van der Waals surface area contributed by atoms with Gasteiger partial charge in [0.1, 0.15) is 18.2 Å². The lowest BCUT2D eigenvalue weighted by molar-refractivity contribution is -0.153. The van der Waals surface area contributed by atoms with Crippen molar-refractivity contribution in [2.24, 2.45) is 0 Å². The van der Waals surface area contributed by atoms with Gasteiger partial charge in [-0.2, -0.15) is 0 Å². The highest BCUT2D eigenvalue weighted by Gasteiger charge is 2.39. The van der Waals surface area contributed by atoms with E-state index in [1.165, 1.54) is 23.7 Å². The number of carbonyl (C=O) groups is 2. The van der Waals surface area contributed by atoms with Gasteiger partial charge in [0, 0.05) is 40.9 Å². The molecule has 2 atom stereocenters. The lowest BCUT2D eigenvalue weighted by Gasteiger charge is -2.44. The largest absolute Gasteiger partial charge is 0.383 e. The Morgan fingerprint density at radius 2 is 2.15 bits per heavy atom. The minimum Gasteiger partial charge on any atom is -0.383 e. The Morgan fingerprint density at radius 1 is 1.33 bits per heavy atom. The van der Waals surface area contributed by atoms with Crippen LogP contribution in [0.15, 0.2) is 42.0 Å². The van der Waals surface area contributed by atoms with Gasteiger partial charge in [0.05, 0.1) is 10.5 Å². The van der Waals surface area contributed by atoms with Crippen LogP contribution in [0.25, 0.3) is 17.0 Å². The first kappa shape index (κ1) is 23.2. The summed E-state index contributed by atoms with van der Waals surface area (Å²) in [5.74, 6) is 0.249. The molecule has 1 aromatic carbocycles. The van der Waals surface area contributed by atoms with E-state index in [0.717, 1.165) is 27.8 Å². The zero-order valence-corrected chi connectivity index (χ0v) is 20.1. The quantitative estimate of drug-likeness (QED) is 0.525. The van der Waals surface area contributed by atoms with E-state index >= 15 is 0 Å². The summed E-state index contributed by atoms with van der Waals surface area (Å²) >= 11 is 7.44. The van der Waals surface area contributed by atoms with Crippen LogP contribution in [0, 0.1) is 0 Å². The second-order valence-corrected chi connectivity index (χ2v) is 9.60. The molecule has 0 unspecified atom stereocenters. The number of rotatable bonds is 6. The molecule has 9 heteroatoms. The fourth-order valence-corrected chi connectivity index (χ4v) is 5.14. The number of fused-ring (bicyclic) bond motifs is 1. The first-order valence-electron chi connectivity index (χ1n) is 10.9. The molecule has 2 aromatic heterocycles. The summed E-state index contributed by atoms with van der Waals surface area (Å²) in [6.45, 7) is 4.93. The van der Waals surface area contributed by atoms with Crippen LogP contribution in [0.2, 0.25) is 5.02 Å². The molecule has 1 fully saturated rings. The van der Waals surface area contributed by atoms with E-state index in [2.05, 4.69) is 9.97 Å². The van der Waals surface area contributed by atoms with E-state index in [4.69, 9.17) is 17.3 Å². The number of piperazine rings is 1. The Morgan fingerprint density at radius 3 is 2.88 bits per heavy atom. The molecule has 0 radical (unpaired) electrons. The maximum absolute atomic E-state index is 13.5. The van der Waals surface area contributed by atoms with Crippen molar-refractivity contribution < 1.29 is 9.59 Å². The van der Waals surface area contributed by atoms with Crippen molar-refractivity contribution in [3.63, 3.8) is 0 Å². The number of nitrogens with two attached hydrogens (primary N) is 1. The number of aromatic nitrogens is 2. The molecule has 1 aliphatic rings. The number of nitrogen functional groups attached to an aromatic ring is 1. The van der Waals surface area contributed by atoms with Crippen LogP contribution in [0.5, 0.6) is 0 Å². The number of thiophene rings is 1. The average Bonchev–Trinajstić information content (AvgIpc) is 3.22. The van der Waals surface area contributed by atoms with Gasteiger partial charge in [0.2, 0.25) is 11.8 Å². The van der Waals surface area contributed by atoms with Gasteiger partial charge in [-0.05, 0) is 43.2 Å². The predicted molar refractivity (Wildman–Crippen MR) is 133 cm³/mol. The third kappa shape index (κ3) is 5.02. The lowest BCUT2D eigenvalue weighted by Crippen LogP contribution is -2.61. The Labute approximate surface area is 201 Å². The van der Waals surface area contributed by atoms with Crippen LogP contribution in [-0.4, -0.2) is 50.2 Å². The van der Waals surface area contributed by atoms with Crippen molar-refractivity contribution >= 4 is 57.5 Å². The standard InChI is InChI=1S/C24H26ClN5O2S/c1-3-4-21-24(32)29(12-16-5-7-19-20(9-16)27-14-28-23(19)26)15(2)11-30(21)22(31)8-6-18-10-17(25)13-33-18/h5-10,13-15,21H,3-4,11-12H2,1-2H3,(H2,26,27,28)/t15-,21+/m0/s1. The fraction of sp³-hybridized carbons (Fsp3) is 0.333. The molecule has 172 valence electrons. The Bertz CT molecular complexity index is 1210. The first-order valence-corrected chi connectivity index (χ1v) is 12.2. The SMILES string of the molecule is CCC[C@@H]1C(=O)N(Cc2ccc3c(N)ncnc3c2)[C@@H](C)CN1C(=O)C=Cc1cc(Cl)cs1. The molecule has 33 heavy (non-hydrogen) atoms. The molecule has 2 N–H and O–H groups in total. The first-order chi connectivity index (χ1) is 15.9. The second kappa shape index (κ2) is 9.89. The number of carbonyl (C=O) groups excluding carboxylic acids is 2. The molecular formula is C24H26ClN5O2S. The summed E-state index contributed by atoms with van der Waals surface area (Å²) in [6, 6.07) is 6.99. The summed E-state index contributed by atoms with van der Waals surface area (Å²) in [7, 11) is 0. The molecule has 0 spiro atoms. The molecule has 0 bridgehead atoms. The third-order valence-electron chi connectivity index (χ3n) is 5.85. The summed E-state index contributed by atoms with van der Waals surface area (Å²) in [4.78, 5) is 39.3. The molecule has 0 saturated carbocycles. The molecule has 4 rings (SSSR count). The smallest absolute Gasteiger partial charge is 0.247 e. The zero-order valence-electron chi connectivity index (χ0n) is 18.6. The molecule has 3 aromatic rings. The van der Waals surface area contributed by atoms with Crippen molar-refractivity contribution in [1.82, 2.24) is 19.8 Å². The molecule has 0 aliphatic carbocycles. The zero-order chi connectivity index (χ0) is 23.5. The molecule has 2 amide bonds. The van der Waals surface area contributed by atoms with Gasteiger partial charge in [-0.25, -0.2) is 9.97 Å². The van der Waals surface area contributed by atoms with Crippen molar-refractivity contribution in [2.75, 3.05) is 12.3 Å². The van der Waals surface area contributed by atoms with Gasteiger partial charge in [0.15, 0.2) is 0 Å². The van der Waals surface area contributed by atoms with E-state index in [1.54, 1.807) is 11.0 Å². The van der Waals surface area contributed by atoms with Crippen LogP contribution in [0.3, 0.4) is 0 Å². The number of hydrogen-bond donors (Lipinski definition) is 1. The van der Waals surface area contributed by atoms with Crippen LogP contribution in [0.4, 0.5) is 5.82 Å². The van der Waals surface area contributed by atoms with Gasteiger partial charge in [-0.1, -0.05) is 31.0 Å². The average molecular weight is 484 g/mol. The van der Waals surface area contributed by atoms with E-state index in [0.29, 0.717) is 30.4 Å². The molecular weight excluding hydrogens is 458 g/mol.